The fraction of sp³-hybridized carbons (Fsp3) is 0.800. The number of amides is 2. The lowest BCUT2D eigenvalue weighted by molar-refractivity contribution is -0.199. The van der Waals surface area contributed by atoms with Crippen molar-refractivity contribution in [3.63, 3.8) is 0 Å². The smallest absolute Gasteiger partial charge is 0.417 e. The van der Waals surface area contributed by atoms with Crippen molar-refractivity contribution in [2.24, 2.45) is 0 Å². The van der Waals surface area contributed by atoms with Gasteiger partial charge >= 0.3 is 6.09 Å². The molecule has 2 amide bonds. The number of cyclic esters (lactones) is 1. The molecule has 2 saturated heterocycles. The van der Waals surface area contributed by atoms with Crippen molar-refractivity contribution < 1.29 is 34.4 Å². The Labute approximate surface area is 103 Å². The van der Waals surface area contributed by atoms with E-state index in [-0.39, 0.29) is 6.42 Å². The van der Waals surface area contributed by atoms with Crippen molar-refractivity contribution >= 4 is 12.0 Å². The largest absolute Gasteiger partial charge is 0.433 e. The summed E-state index contributed by atoms with van der Waals surface area (Å²) >= 11 is 0. The molecule has 8 nitrogen and oxygen atoms in total. The van der Waals surface area contributed by atoms with Gasteiger partial charge in [-0.15, -0.1) is 0 Å². The Balaban J connectivity index is 2.10. The van der Waals surface area contributed by atoms with Crippen LogP contribution in [0.15, 0.2) is 0 Å². The maximum atomic E-state index is 11.7. The average Bonchev–Trinajstić information content (AvgIpc) is 2.60. The van der Waals surface area contributed by atoms with Gasteiger partial charge in [-0.1, -0.05) is 0 Å². The van der Waals surface area contributed by atoms with E-state index in [1.54, 1.807) is 0 Å². The monoisotopic (exact) mass is 261 g/mol. The topological polar surface area (TPSA) is 117 Å². The summed E-state index contributed by atoms with van der Waals surface area (Å²) in [6.07, 6.45) is -6.21. The maximum Gasteiger partial charge on any atom is 0.417 e. The van der Waals surface area contributed by atoms with Gasteiger partial charge in [0.05, 0.1) is 12.7 Å². The number of rotatable bonds is 2. The van der Waals surface area contributed by atoms with Gasteiger partial charge in [0, 0.05) is 13.5 Å². The van der Waals surface area contributed by atoms with Crippen LogP contribution in [-0.4, -0.2) is 76.4 Å². The minimum absolute atomic E-state index is 0.0464. The number of hydrogen-bond donors (Lipinski definition) is 3. The number of carbonyl (C=O) groups excluding carboxylic acids is 2. The van der Waals surface area contributed by atoms with Crippen LogP contribution in [0.25, 0.3) is 0 Å². The molecule has 0 aliphatic carbocycles. The Hall–Kier alpha value is -1.22. The van der Waals surface area contributed by atoms with Crippen molar-refractivity contribution in [2.45, 2.75) is 36.9 Å². The molecule has 0 spiro atoms. The summed E-state index contributed by atoms with van der Waals surface area (Å²) in [5, 5.41) is 28.2. The van der Waals surface area contributed by atoms with Gasteiger partial charge in [-0.05, 0) is 0 Å². The molecular weight excluding hydrogens is 246 g/mol. The second-order valence-corrected chi connectivity index (χ2v) is 4.39. The normalized spacial score (nSPS) is 41.1. The van der Waals surface area contributed by atoms with E-state index in [0.29, 0.717) is 0 Å². The van der Waals surface area contributed by atoms with Gasteiger partial charge < -0.3 is 24.8 Å². The number of ether oxygens (including phenoxy) is 2. The van der Waals surface area contributed by atoms with E-state index in [2.05, 4.69) is 0 Å². The van der Waals surface area contributed by atoms with Crippen LogP contribution >= 0.6 is 0 Å². The molecule has 0 radical (unpaired) electrons. The number of hydrogen-bond acceptors (Lipinski definition) is 7. The quantitative estimate of drug-likeness (QED) is 0.518. The van der Waals surface area contributed by atoms with Gasteiger partial charge in [0.1, 0.15) is 18.3 Å². The van der Waals surface area contributed by atoms with Gasteiger partial charge in [-0.25, -0.2) is 9.69 Å². The van der Waals surface area contributed by atoms with Crippen LogP contribution in [0.5, 0.6) is 0 Å². The highest BCUT2D eigenvalue weighted by atomic mass is 16.6. The van der Waals surface area contributed by atoms with Crippen LogP contribution in [0.3, 0.4) is 0 Å². The Bertz CT molecular complexity index is 360. The number of nitrogens with zero attached hydrogens (tertiary/aromatic N) is 1. The molecule has 8 heteroatoms. The summed E-state index contributed by atoms with van der Waals surface area (Å²) in [5.41, 5.74) is 0. The average molecular weight is 261 g/mol. The molecule has 102 valence electrons. The Kier molecular flexibility index (Phi) is 3.53. The van der Waals surface area contributed by atoms with Gasteiger partial charge in [0.15, 0.2) is 0 Å². The third kappa shape index (κ3) is 2.07. The highest BCUT2D eigenvalue weighted by Gasteiger charge is 2.48. The van der Waals surface area contributed by atoms with Gasteiger partial charge in [-0.2, -0.15) is 0 Å². The second-order valence-electron chi connectivity index (χ2n) is 4.39. The minimum Gasteiger partial charge on any atom is -0.433 e. The first-order valence-corrected chi connectivity index (χ1v) is 5.56. The zero-order chi connectivity index (χ0) is 13.4. The molecule has 0 bridgehead atoms. The van der Waals surface area contributed by atoms with E-state index in [4.69, 9.17) is 14.6 Å². The number of imide groups is 1. The fourth-order valence-electron chi connectivity index (χ4n) is 2.09. The molecule has 18 heavy (non-hydrogen) atoms. The lowest BCUT2D eigenvalue weighted by atomic mass is 9.95. The second kappa shape index (κ2) is 4.81. The Morgan fingerprint density at radius 2 is 2.06 bits per heavy atom. The summed E-state index contributed by atoms with van der Waals surface area (Å²) in [5.74, 6) is -0.565. The molecular formula is C10H15NO7. The first kappa shape index (κ1) is 13.2. The van der Waals surface area contributed by atoms with Crippen molar-refractivity contribution in [1.82, 2.24) is 4.90 Å². The molecule has 5 atom stereocenters. The van der Waals surface area contributed by atoms with E-state index in [0.717, 1.165) is 4.90 Å². The van der Waals surface area contributed by atoms with E-state index in [9.17, 15) is 19.8 Å². The molecule has 2 rings (SSSR count). The maximum absolute atomic E-state index is 11.7. The first-order valence-electron chi connectivity index (χ1n) is 5.56. The highest BCUT2D eigenvalue weighted by Crippen LogP contribution is 2.27. The number of aliphatic hydroxyl groups is 3. The van der Waals surface area contributed by atoms with E-state index < -0.39 is 49.1 Å². The van der Waals surface area contributed by atoms with Crippen LogP contribution in [0.1, 0.15) is 6.42 Å². The molecule has 0 saturated carbocycles. The Morgan fingerprint density at radius 3 is 2.56 bits per heavy atom. The number of likely N-dealkylation sites (N-methyl/N-ethyl adjacent to an activating group) is 1. The lowest BCUT2D eigenvalue weighted by Gasteiger charge is -2.37. The molecule has 0 aromatic heterocycles. The van der Waals surface area contributed by atoms with Crippen LogP contribution in [-0.2, 0) is 14.3 Å². The van der Waals surface area contributed by atoms with Gasteiger partial charge in [-0.3, -0.25) is 4.79 Å². The zero-order valence-electron chi connectivity index (χ0n) is 9.72. The van der Waals surface area contributed by atoms with Crippen LogP contribution in [0.2, 0.25) is 0 Å². The summed E-state index contributed by atoms with van der Waals surface area (Å²) in [4.78, 5) is 23.7. The van der Waals surface area contributed by atoms with Gasteiger partial charge in [0.2, 0.25) is 6.10 Å². The molecule has 0 aromatic carbocycles. The summed E-state index contributed by atoms with van der Waals surface area (Å²) in [6.45, 7) is -0.501. The SMILES string of the molecule is CN1C(=O)OC(C2CC(O)C(O)C(CO)O2)C1=O. The minimum atomic E-state index is -1.23. The molecule has 5 unspecified atom stereocenters. The third-order valence-corrected chi connectivity index (χ3v) is 3.19. The number of aliphatic hydroxyl groups excluding tert-OH is 3. The summed E-state index contributed by atoms with van der Waals surface area (Å²) in [7, 11) is 1.28. The van der Waals surface area contributed by atoms with Crippen molar-refractivity contribution in [3.8, 4) is 0 Å². The lowest BCUT2D eigenvalue weighted by Crippen LogP contribution is -2.54. The van der Waals surface area contributed by atoms with Crippen LogP contribution in [0, 0.1) is 0 Å². The summed E-state index contributed by atoms with van der Waals surface area (Å²) < 4.78 is 10.1. The standard InChI is InChI=1S/C10H15NO7/c1-11-9(15)8(18-10(11)16)5-2-4(13)7(14)6(3-12)17-5/h4-8,12-14H,2-3H2,1H3. The van der Waals surface area contributed by atoms with E-state index >= 15 is 0 Å². The predicted octanol–water partition coefficient (Wildman–Crippen LogP) is -2.16. The third-order valence-electron chi connectivity index (χ3n) is 3.19. The number of carbonyl (C=O) groups is 2. The molecule has 0 aromatic rings. The molecule has 2 fully saturated rings. The Morgan fingerprint density at radius 1 is 1.39 bits per heavy atom. The zero-order valence-corrected chi connectivity index (χ0v) is 9.72. The molecule has 3 N–H and O–H groups in total. The first-order chi connectivity index (χ1) is 8.45. The molecule has 2 heterocycles. The van der Waals surface area contributed by atoms with E-state index in [1.807, 2.05) is 0 Å². The molecule has 2 aliphatic heterocycles. The van der Waals surface area contributed by atoms with E-state index in [1.165, 1.54) is 7.05 Å². The van der Waals surface area contributed by atoms with Crippen LogP contribution < -0.4 is 0 Å². The fourth-order valence-corrected chi connectivity index (χ4v) is 2.09. The molecule has 2 aliphatic rings. The summed E-state index contributed by atoms with van der Waals surface area (Å²) in [6, 6.07) is 0. The van der Waals surface area contributed by atoms with Crippen molar-refractivity contribution in [3.05, 3.63) is 0 Å². The predicted molar refractivity (Wildman–Crippen MR) is 55.4 cm³/mol. The van der Waals surface area contributed by atoms with Gasteiger partial charge in [0.25, 0.3) is 5.91 Å². The van der Waals surface area contributed by atoms with Crippen LogP contribution in [0.4, 0.5) is 4.79 Å². The van der Waals surface area contributed by atoms with Crippen molar-refractivity contribution in [2.75, 3.05) is 13.7 Å². The van der Waals surface area contributed by atoms with Crippen molar-refractivity contribution in [1.29, 1.82) is 0 Å². The highest BCUT2D eigenvalue weighted by molar-refractivity contribution is 6.00.